The summed E-state index contributed by atoms with van der Waals surface area (Å²) < 4.78 is 37.6. The molecule has 8 heteroatoms. The third kappa shape index (κ3) is 7.52. The predicted molar refractivity (Wildman–Crippen MR) is 96.3 cm³/mol. The van der Waals surface area contributed by atoms with Crippen LogP contribution in [0.5, 0.6) is 0 Å². The summed E-state index contributed by atoms with van der Waals surface area (Å²) in [6, 6.07) is 4.51. The minimum Gasteiger partial charge on any atom is -0.382 e. The zero-order chi connectivity index (χ0) is 19.1. The molecule has 0 radical (unpaired) electrons. The van der Waals surface area contributed by atoms with Gasteiger partial charge in [-0.05, 0) is 45.4 Å². The smallest absolute Gasteiger partial charge is 0.251 e. The molecule has 2 N–H and O–H groups in total. The van der Waals surface area contributed by atoms with Crippen LogP contribution in [0.2, 0.25) is 0 Å². The predicted octanol–water partition coefficient (Wildman–Crippen LogP) is 1.46. The fraction of sp³-hybridized carbons (Fsp3) is 0.588. The number of methoxy groups -OCH3 is 1. The Kier molecular flexibility index (Phi) is 8.01. The molecule has 0 aromatic heterocycles. The molecule has 0 fully saturated rings. The van der Waals surface area contributed by atoms with E-state index in [4.69, 9.17) is 9.47 Å². The van der Waals surface area contributed by atoms with Crippen molar-refractivity contribution in [2.45, 2.75) is 38.1 Å². The number of hydrogen-bond donors (Lipinski definition) is 2. The number of amides is 1. The van der Waals surface area contributed by atoms with Crippen LogP contribution in [-0.2, 0) is 19.5 Å². The number of benzene rings is 1. The maximum atomic E-state index is 12.4. The number of sulfonamides is 1. The molecule has 7 nitrogen and oxygen atoms in total. The fourth-order valence-corrected chi connectivity index (χ4v) is 3.50. The number of nitrogens with one attached hydrogen (secondary N) is 2. The summed E-state index contributed by atoms with van der Waals surface area (Å²) in [5, 5.41) is 2.72. The van der Waals surface area contributed by atoms with Gasteiger partial charge in [0, 0.05) is 24.8 Å². The molecule has 25 heavy (non-hydrogen) atoms. The fourth-order valence-electron chi connectivity index (χ4n) is 2.05. The third-order valence-electron chi connectivity index (χ3n) is 3.17. The van der Waals surface area contributed by atoms with Gasteiger partial charge in [-0.3, -0.25) is 4.79 Å². The summed E-state index contributed by atoms with van der Waals surface area (Å²) in [5.41, 5.74) is 0.423. The zero-order valence-corrected chi connectivity index (χ0v) is 16.3. The van der Waals surface area contributed by atoms with Crippen LogP contribution in [0.25, 0.3) is 0 Å². The van der Waals surface area contributed by atoms with Gasteiger partial charge in [-0.1, -0.05) is 6.07 Å². The molecule has 0 aliphatic rings. The molecule has 142 valence electrons. The van der Waals surface area contributed by atoms with Gasteiger partial charge in [-0.25, -0.2) is 13.1 Å². The molecule has 0 heterocycles. The number of hydrogen-bond acceptors (Lipinski definition) is 5. The second-order valence-corrected chi connectivity index (χ2v) is 8.38. The molecule has 0 saturated heterocycles. The molecule has 1 aromatic carbocycles. The van der Waals surface area contributed by atoms with Crippen molar-refractivity contribution in [2.24, 2.45) is 0 Å². The van der Waals surface area contributed by atoms with Crippen LogP contribution in [0.1, 0.15) is 36.7 Å². The van der Waals surface area contributed by atoms with E-state index in [2.05, 4.69) is 10.0 Å². The van der Waals surface area contributed by atoms with Gasteiger partial charge >= 0.3 is 0 Å². The van der Waals surface area contributed by atoms with Crippen molar-refractivity contribution in [1.29, 1.82) is 0 Å². The number of carbonyl (C=O) groups excluding carboxylic acids is 1. The Labute approximate surface area is 150 Å². The highest BCUT2D eigenvalue weighted by Gasteiger charge is 2.23. The first-order valence-electron chi connectivity index (χ1n) is 8.06. The summed E-state index contributed by atoms with van der Waals surface area (Å²) in [5.74, 6) is -0.333. The number of aryl methyl sites for hydroxylation is 1. The minimum absolute atomic E-state index is 0.0644. The Morgan fingerprint density at radius 3 is 2.44 bits per heavy atom. The van der Waals surface area contributed by atoms with E-state index < -0.39 is 15.6 Å². The summed E-state index contributed by atoms with van der Waals surface area (Å²) in [6.07, 6.45) is 0. The Morgan fingerprint density at radius 2 is 1.84 bits per heavy atom. The average molecular weight is 372 g/mol. The lowest BCUT2D eigenvalue weighted by Gasteiger charge is -2.20. The van der Waals surface area contributed by atoms with Crippen LogP contribution in [0, 0.1) is 6.92 Å². The monoisotopic (exact) mass is 372 g/mol. The summed E-state index contributed by atoms with van der Waals surface area (Å²) in [4.78, 5) is 12.4. The van der Waals surface area contributed by atoms with Crippen molar-refractivity contribution in [3.63, 3.8) is 0 Å². The quantitative estimate of drug-likeness (QED) is 0.640. The van der Waals surface area contributed by atoms with Crippen LogP contribution < -0.4 is 10.0 Å². The van der Waals surface area contributed by atoms with Crippen molar-refractivity contribution in [3.05, 3.63) is 29.3 Å². The minimum atomic E-state index is -3.69. The molecule has 1 aromatic rings. The first-order valence-corrected chi connectivity index (χ1v) is 9.54. The third-order valence-corrected chi connectivity index (χ3v) is 4.92. The lowest BCUT2D eigenvalue weighted by atomic mass is 10.1. The number of rotatable bonds is 9. The van der Waals surface area contributed by atoms with Gasteiger partial charge in [0.2, 0.25) is 10.0 Å². The van der Waals surface area contributed by atoms with Crippen molar-refractivity contribution in [3.8, 4) is 0 Å². The Bertz CT molecular complexity index is 681. The van der Waals surface area contributed by atoms with E-state index in [0.717, 1.165) is 0 Å². The van der Waals surface area contributed by atoms with Crippen LogP contribution in [0.4, 0.5) is 0 Å². The van der Waals surface area contributed by atoms with Gasteiger partial charge < -0.3 is 14.8 Å². The van der Waals surface area contributed by atoms with Crippen molar-refractivity contribution < 1.29 is 22.7 Å². The molecule has 0 bridgehead atoms. The van der Waals surface area contributed by atoms with Crippen LogP contribution in [-0.4, -0.2) is 53.3 Å². The van der Waals surface area contributed by atoms with Crippen LogP contribution >= 0.6 is 0 Å². The molecule has 0 aliphatic heterocycles. The van der Waals surface area contributed by atoms with E-state index >= 15 is 0 Å². The lowest BCUT2D eigenvalue weighted by molar-refractivity contribution is 0.0692. The zero-order valence-electron chi connectivity index (χ0n) is 15.5. The maximum absolute atomic E-state index is 12.4. The van der Waals surface area contributed by atoms with Crippen molar-refractivity contribution in [1.82, 2.24) is 10.0 Å². The van der Waals surface area contributed by atoms with E-state index in [-0.39, 0.29) is 10.8 Å². The summed E-state index contributed by atoms with van der Waals surface area (Å²) in [7, 11) is -2.11. The highest BCUT2D eigenvalue weighted by molar-refractivity contribution is 7.89. The van der Waals surface area contributed by atoms with Gasteiger partial charge in [0.25, 0.3) is 5.91 Å². The Balaban J connectivity index is 2.79. The first-order chi connectivity index (χ1) is 11.6. The van der Waals surface area contributed by atoms with Crippen LogP contribution in [0.15, 0.2) is 23.1 Å². The summed E-state index contributed by atoms with van der Waals surface area (Å²) in [6.45, 7) is 8.68. The van der Waals surface area contributed by atoms with Crippen molar-refractivity contribution >= 4 is 15.9 Å². The molecule has 0 atom stereocenters. The van der Waals surface area contributed by atoms with Gasteiger partial charge in [0.1, 0.15) is 0 Å². The van der Waals surface area contributed by atoms with Gasteiger partial charge in [-0.2, -0.15) is 0 Å². The van der Waals surface area contributed by atoms with E-state index in [0.29, 0.717) is 37.5 Å². The topological polar surface area (TPSA) is 93.7 Å². The average Bonchev–Trinajstić information content (AvgIpc) is 2.48. The van der Waals surface area contributed by atoms with Crippen LogP contribution in [0.3, 0.4) is 0 Å². The standard InChI is InChI=1S/C17H28N2O5S/c1-13-6-7-14(25(21,22)19-17(2,3)4)12-15(13)16(20)18-8-9-24-11-10-23-5/h6-7,12,19H,8-11H2,1-5H3,(H,18,20). The second kappa shape index (κ2) is 9.28. The molecule has 0 unspecified atom stereocenters. The van der Waals surface area contributed by atoms with Gasteiger partial charge in [0.05, 0.1) is 24.7 Å². The van der Waals surface area contributed by atoms with Gasteiger partial charge in [0.15, 0.2) is 0 Å². The molecule has 1 amide bonds. The lowest BCUT2D eigenvalue weighted by Crippen LogP contribution is -2.40. The normalized spacial score (nSPS) is 12.2. The van der Waals surface area contributed by atoms with Gasteiger partial charge in [-0.15, -0.1) is 0 Å². The highest BCUT2D eigenvalue weighted by Crippen LogP contribution is 2.17. The molecule has 0 saturated carbocycles. The molecule has 1 rings (SSSR count). The molecular weight excluding hydrogens is 344 g/mol. The van der Waals surface area contributed by atoms with E-state index in [1.807, 2.05) is 0 Å². The first kappa shape index (κ1) is 21.6. The Morgan fingerprint density at radius 1 is 1.16 bits per heavy atom. The SMILES string of the molecule is COCCOCCNC(=O)c1cc(S(=O)(=O)NC(C)(C)C)ccc1C. The highest BCUT2D eigenvalue weighted by atomic mass is 32.2. The molecular formula is C17H28N2O5S. The van der Waals surface area contributed by atoms with E-state index in [1.165, 1.54) is 12.1 Å². The maximum Gasteiger partial charge on any atom is 0.251 e. The van der Waals surface area contributed by atoms with E-state index in [1.54, 1.807) is 40.9 Å². The Hall–Kier alpha value is -1.48. The molecule has 0 spiro atoms. The number of ether oxygens (including phenoxy) is 2. The molecule has 0 aliphatic carbocycles. The number of carbonyl (C=O) groups is 1. The second-order valence-electron chi connectivity index (χ2n) is 6.69. The van der Waals surface area contributed by atoms with Crippen molar-refractivity contribution in [2.75, 3.05) is 33.5 Å². The largest absolute Gasteiger partial charge is 0.382 e. The summed E-state index contributed by atoms with van der Waals surface area (Å²) >= 11 is 0. The van der Waals surface area contributed by atoms with E-state index in [9.17, 15) is 13.2 Å².